The Balaban J connectivity index is 2.39. The normalized spacial score (nSPS) is 12.4. The minimum absolute atomic E-state index is 0.272. The maximum Gasteiger partial charge on any atom is 0.326 e. The molecule has 0 aliphatic rings. The summed E-state index contributed by atoms with van der Waals surface area (Å²) in [5, 5.41) is 9.95. The van der Waals surface area contributed by atoms with Crippen LogP contribution in [0.25, 0.3) is 21.3 Å². The Morgan fingerprint density at radius 1 is 1.32 bits per heavy atom. The molecule has 0 aliphatic heterocycles. The summed E-state index contributed by atoms with van der Waals surface area (Å²) in [7, 11) is 0. The molecule has 2 aromatic heterocycles. The number of fused-ring (bicyclic) bond motifs is 1. The van der Waals surface area contributed by atoms with Gasteiger partial charge in [-0.3, -0.25) is 9.36 Å². The number of hydrogen-bond acceptors (Lipinski definition) is 4. The molecule has 3 rings (SSSR count). The predicted molar refractivity (Wildman–Crippen MR) is 100 cm³/mol. The molecule has 0 saturated carbocycles. The Kier molecular flexibility index (Phi) is 4.72. The molecule has 0 saturated heterocycles. The number of nitrogens with zero attached hydrogens (tertiary/aromatic N) is 2. The molecular weight excluding hydrogens is 336 g/mol. The predicted octanol–water partition coefficient (Wildman–Crippen LogP) is 4.03. The van der Waals surface area contributed by atoms with Crippen LogP contribution in [0.4, 0.5) is 0 Å². The van der Waals surface area contributed by atoms with E-state index in [-0.39, 0.29) is 5.56 Å². The topological polar surface area (TPSA) is 72.2 Å². The molecule has 0 aliphatic carbocycles. The van der Waals surface area contributed by atoms with Crippen molar-refractivity contribution >= 4 is 27.5 Å². The van der Waals surface area contributed by atoms with E-state index >= 15 is 0 Å². The number of aryl methyl sites for hydroxylation is 2. The van der Waals surface area contributed by atoms with Crippen molar-refractivity contribution in [3.05, 3.63) is 51.4 Å². The highest BCUT2D eigenvalue weighted by atomic mass is 32.1. The van der Waals surface area contributed by atoms with Gasteiger partial charge in [0.15, 0.2) is 0 Å². The summed E-state index contributed by atoms with van der Waals surface area (Å²) in [5.74, 6) is -0.496. The zero-order valence-corrected chi connectivity index (χ0v) is 15.3. The highest BCUT2D eigenvalue weighted by molar-refractivity contribution is 7.19. The lowest BCUT2D eigenvalue weighted by molar-refractivity contribution is -0.140. The second kappa shape index (κ2) is 6.80. The summed E-state index contributed by atoms with van der Waals surface area (Å²) in [6, 6.07) is 8.74. The molecule has 5 nitrogen and oxygen atoms in total. The molecule has 0 spiro atoms. The van der Waals surface area contributed by atoms with E-state index in [1.807, 2.05) is 44.2 Å². The first-order valence-electron chi connectivity index (χ1n) is 8.28. The fourth-order valence-electron chi connectivity index (χ4n) is 3.08. The van der Waals surface area contributed by atoms with Gasteiger partial charge in [-0.05, 0) is 25.8 Å². The van der Waals surface area contributed by atoms with Crippen molar-refractivity contribution in [2.75, 3.05) is 0 Å². The van der Waals surface area contributed by atoms with Gasteiger partial charge in [0, 0.05) is 16.9 Å². The Hall–Kier alpha value is -2.47. The molecular formula is C19H20N2O3S. The molecule has 3 aromatic rings. The largest absolute Gasteiger partial charge is 0.480 e. The molecule has 0 amide bonds. The number of aliphatic carboxylic acids is 1. The van der Waals surface area contributed by atoms with Crippen LogP contribution in [0, 0.1) is 6.92 Å². The minimum Gasteiger partial charge on any atom is -0.480 e. The molecule has 1 atom stereocenters. The molecule has 0 fully saturated rings. The molecule has 25 heavy (non-hydrogen) atoms. The summed E-state index contributed by atoms with van der Waals surface area (Å²) in [4.78, 5) is 31.1. The Morgan fingerprint density at radius 2 is 2.00 bits per heavy atom. The maximum absolute atomic E-state index is 13.2. The third-order valence-corrected chi connectivity index (χ3v) is 5.29. The molecule has 2 heterocycles. The Bertz CT molecular complexity index is 989. The van der Waals surface area contributed by atoms with Gasteiger partial charge in [-0.2, -0.15) is 0 Å². The number of thiophene rings is 1. The van der Waals surface area contributed by atoms with Gasteiger partial charge in [0.25, 0.3) is 5.56 Å². The third-order valence-electron chi connectivity index (χ3n) is 4.29. The van der Waals surface area contributed by atoms with Gasteiger partial charge >= 0.3 is 5.97 Å². The van der Waals surface area contributed by atoms with Gasteiger partial charge in [0.1, 0.15) is 16.7 Å². The van der Waals surface area contributed by atoms with Gasteiger partial charge in [-0.1, -0.05) is 37.3 Å². The van der Waals surface area contributed by atoms with E-state index < -0.39 is 12.0 Å². The average molecular weight is 356 g/mol. The van der Waals surface area contributed by atoms with Gasteiger partial charge in [-0.15, -0.1) is 11.3 Å². The van der Waals surface area contributed by atoms with E-state index in [1.54, 1.807) is 0 Å². The van der Waals surface area contributed by atoms with Crippen molar-refractivity contribution < 1.29 is 9.90 Å². The lowest BCUT2D eigenvalue weighted by atomic mass is 10.0. The molecule has 0 radical (unpaired) electrons. The van der Waals surface area contributed by atoms with Crippen LogP contribution in [0.3, 0.4) is 0 Å². The van der Waals surface area contributed by atoms with Crippen LogP contribution >= 0.6 is 11.3 Å². The smallest absolute Gasteiger partial charge is 0.326 e. The van der Waals surface area contributed by atoms with E-state index in [9.17, 15) is 14.7 Å². The average Bonchev–Trinajstić information content (AvgIpc) is 2.92. The zero-order chi connectivity index (χ0) is 18.1. The summed E-state index contributed by atoms with van der Waals surface area (Å²) in [6.07, 6.45) is 1.36. The summed E-state index contributed by atoms with van der Waals surface area (Å²) >= 11 is 1.48. The first kappa shape index (κ1) is 17.4. The first-order chi connectivity index (χ1) is 12.0. The van der Waals surface area contributed by atoms with Crippen molar-refractivity contribution in [3.63, 3.8) is 0 Å². The maximum atomic E-state index is 13.2. The van der Waals surface area contributed by atoms with E-state index in [4.69, 9.17) is 0 Å². The fourth-order valence-corrected chi connectivity index (χ4v) is 4.13. The lowest BCUT2D eigenvalue weighted by Gasteiger charge is -2.16. The third kappa shape index (κ3) is 2.98. The zero-order valence-electron chi connectivity index (χ0n) is 14.4. The number of carboxylic acid groups (broad SMARTS) is 1. The van der Waals surface area contributed by atoms with Crippen molar-refractivity contribution in [3.8, 4) is 11.1 Å². The Labute approximate surface area is 149 Å². The summed E-state index contributed by atoms with van der Waals surface area (Å²) in [5.41, 5.74) is 1.53. The fraction of sp³-hybridized carbons (Fsp3) is 0.316. The first-order valence-corrected chi connectivity index (χ1v) is 9.10. The number of rotatable bonds is 5. The van der Waals surface area contributed by atoms with Gasteiger partial charge < -0.3 is 5.11 Å². The molecule has 1 aromatic carbocycles. The molecule has 6 heteroatoms. The van der Waals surface area contributed by atoms with Crippen LogP contribution in [0.2, 0.25) is 0 Å². The standard InChI is InChI=1S/C19H20N2O3S/c1-4-8-14-20-17-16(18(22)21(14)11(2)19(23)24)15(12(3)25-17)13-9-6-5-7-10-13/h5-7,9-11H,4,8H2,1-3H3,(H,23,24). The molecule has 1 unspecified atom stereocenters. The van der Waals surface area contributed by atoms with Crippen molar-refractivity contribution in [1.82, 2.24) is 9.55 Å². The van der Waals surface area contributed by atoms with E-state index in [0.29, 0.717) is 22.5 Å². The van der Waals surface area contributed by atoms with Crippen molar-refractivity contribution in [2.24, 2.45) is 0 Å². The second-order valence-electron chi connectivity index (χ2n) is 6.05. The second-order valence-corrected chi connectivity index (χ2v) is 7.25. The van der Waals surface area contributed by atoms with Crippen LogP contribution < -0.4 is 5.56 Å². The van der Waals surface area contributed by atoms with Crippen LogP contribution in [-0.4, -0.2) is 20.6 Å². The molecule has 1 N–H and O–H groups in total. The highest BCUT2D eigenvalue weighted by Crippen LogP contribution is 2.36. The lowest BCUT2D eigenvalue weighted by Crippen LogP contribution is -2.31. The summed E-state index contributed by atoms with van der Waals surface area (Å²) in [6.45, 7) is 5.48. The minimum atomic E-state index is -1.03. The van der Waals surface area contributed by atoms with Crippen molar-refractivity contribution in [1.29, 1.82) is 0 Å². The number of carboxylic acids is 1. The summed E-state index contributed by atoms with van der Waals surface area (Å²) < 4.78 is 1.34. The van der Waals surface area contributed by atoms with Crippen LogP contribution in [0.1, 0.15) is 37.0 Å². The SMILES string of the molecule is CCCc1nc2sc(C)c(-c3ccccc3)c2c(=O)n1C(C)C(=O)O. The number of hydrogen-bond donors (Lipinski definition) is 1. The van der Waals surface area contributed by atoms with Crippen LogP contribution in [0.15, 0.2) is 35.1 Å². The monoisotopic (exact) mass is 356 g/mol. The molecule has 130 valence electrons. The molecule has 0 bridgehead atoms. The van der Waals surface area contributed by atoms with E-state index in [0.717, 1.165) is 22.4 Å². The Morgan fingerprint density at radius 3 is 2.60 bits per heavy atom. The van der Waals surface area contributed by atoms with E-state index in [2.05, 4.69) is 4.98 Å². The van der Waals surface area contributed by atoms with Crippen LogP contribution in [0.5, 0.6) is 0 Å². The number of carbonyl (C=O) groups is 1. The van der Waals surface area contributed by atoms with Gasteiger partial charge in [0.2, 0.25) is 0 Å². The quantitative estimate of drug-likeness (QED) is 0.749. The highest BCUT2D eigenvalue weighted by Gasteiger charge is 2.24. The number of benzene rings is 1. The van der Waals surface area contributed by atoms with Crippen molar-refractivity contribution in [2.45, 2.75) is 39.7 Å². The van der Waals surface area contributed by atoms with Gasteiger partial charge in [0.05, 0.1) is 5.39 Å². The van der Waals surface area contributed by atoms with Crippen LogP contribution in [-0.2, 0) is 11.2 Å². The van der Waals surface area contributed by atoms with E-state index in [1.165, 1.54) is 22.8 Å². The number of aromatic nitrogens is 2. The van der Waals surface area contributed by atoms with Gasteiger partial charge in [-0.25, -0.2) is 9.78 Å².